The number of hydrogen-bond acceptors (Lipinski definition) is 4. The highest BCUT2D eigenvalue weighted by atomic mass is 79.9. The van der Waals surface area contributed by atoms with Crippen LogP contribution in [0.5, 0.6) is 0 Å². The SMILES string of the molecule is N#C/C(=C/Nc1cc(Cl)ccn1)C(=O)Nc1ccc(Br)cc1. The van der Waals surface area contributed by atoms with E-state index < -0.39 is 5.91 Å². The molecule has 0 fully saturated rings. The maximum Gasteiger partial charge on any atom is 0.267 e. The molecule has 0 spiro atoms. The summed E-state index contributed by atoms with van der Waals surface area (Å²) in [5, 5.41) is 15.0. The van der Waals surface area contributed by atoms with E-state index in [9.17, 15) is 4.79 Å². The van der Waals surface area contributed by atoms with Crippen LogP contribution in [-0.4, -0.2) is 10.9 Å². The number of nitriles is 1. The number of carbonyl (C=O) groups is 1. The van der Waals surface area contributed by atoms with E-state index >= 15 is 0 Å². The van der Waals surface area contributed by atoms with Crippen LogP contribution in [0.1, 0.15) is 0 Å². The smallest absolute Gasteiger partial charge is 0.267 e. The van der Waals surface area contributed by atoms with Gasteiger partial charge in [-0.2, -0.15) is 5.26 Å². The second-order valence-corrected chi connectivity index (χ2v) is 5.49. The molecule has 0 bridgehead atoms. The minimum absolute atomic E-state index is 0.0790. The molecule has 2 N–H and O–H groups in total. The molecular weight excluding hydrogens is 368 g/mol. The average molecular weight is 378 g/mol. The molecule has 110 valence electrons. The second kappa shape index (κ2) is 7.59. The fraction of sp³-hybridized carbons (Fsp3) is 0. The lowest BCUT2D eigenvalue weighted by molar-refractivity contribution is -0.112. The van der Waals surface area contributed by atoms with Crippen molar-refractivity contribution in [2.45, 2.75) is 0 Å². The number of pyridine rings is 1. The molecule has 1 aromatic carbocycles. The van der Waals surface area contributed by atoms with Gasteiger partial charge in [0.1, 0.15) is 17.5 Å². The van der Waals surface area contributed by atoms with Crippen molar-refractivity contribution in [2.24, 2.45) is 0 Å². The first-order valence-corrected chi connectivity index (χ1v) is 7.31. The van der Waals surface area contributed by atoms with Crippen LogP contribution in [0.15, 0.2) is 58.8 Å². The van der Waals surface area contributed by atoms with E-state index in [1.165, 1.54) is 12.4 Å². The molecule has 1 heterocycles. The van der Waals surface area contributed by atoms with Gasteiger partial charge in [-0.1, -0.05) is 27.5 Å². The zero-order valence-corrected chi connectivity index (χ0v) is 13.5. The normalized spacial score (nSPS) is 10.7. The lowest BCUT2D eigenvalue weighted by Crippen LogP contribution is -2.14. The lowest BCUT2D eigenvalue weighted by Gasteiger charge is -2.05. The summed E-state index contributed by atoms with van der Waals surface area (Å²) in [7, 11) is 0. The van der Waals surface area contributed by atoms with Crippen LogP contribution >= 0.6 is 27.5 Å². The fourth-order valence-corrected chi connectivity index (χ4v) is 1.93. The first kappa shape index (κ1) is 16.0. The highest BCUT2D eigenvalue weighted by Crippen LogP contribution is 2.15. The summed E-state index contributed by atoms with van der Waals surface area (Å²) < 4.78 is 0.898. The number of benzene rings is 1. The molecule has 7 heteroatoms. The Morgan fingerprint density at radius 2 is 2.05 bits per heavy atom. The Balaban J connectivity index is 2.07. The number of anilines is 2. The number of amides is 1. The summed E-state index contributed by atoms with van der Waals surface area (Å²) in [6.45, 7) is 0. The summed E-state index contributed by atoms with van der Waals surface area (Å²) in [5.74, 6) is -0.0731. The number of rotatable bonds is 4. The van der Waals surface area contributed by atoms with Crippen molar-refractivity contribution in [3.8, 4) is 6.07 Å². The molecule has 0 aliphatic heterocycles. The van der Waals surface area contributed by atoms with Gasteiger partial charge in [0.15, 0.2) is 0 Å². The Bertz CT molecular complexity index is 753. The molecule has 0 unspecified atom stereocenters. The average Bonchev–Trinajstić information content (AvgIpc) is 2.50. The largest absolute Gasteiger partial charge is 0.345 e. The van der Waals surface area contributed by atoms with Crippen molar-refractivity contribution in [1.82, 2.24) is 4.98 Å². The van der Waals surface area contributed by atoms with Gasteiger partial charge in [-0.25, -0.2) is 4.98 Å². The molecular formula is C15H10BrClN4O. The molecule has 0 saturated carbocycles. The number of nitrogens with one attached hydrogen (secondary N) is 2. The summed E-state index contributed by atoms with van der Waals surface area (Å²) in [6.07, 6.45) is 2.80. The minimum atomic E-state index is -0.514. The van der Waals surface area contributed by atoms with Gasteiger partial charge in [-0.05, 0) is 36.4 Å². The van der Waals surface area contributed by atoms with Gasteiger partial charge in [0.25, 0.3) is 5.91 Å². The number of halogens is 2. The van der Waals surface area contributed by atoms with Gasteiger partial charge in [0, 0.05) is 27.6 Å². The second-order valence-electron chi connectivity index (χ2n) is 4.13. The van der Waals surface area contributed by atoms with E-state index in [0.29, 0.717) is 16.5 Å². The number of hydrogen-bond donors (Lipinski definition) is 2. The molecule has 1 amide bonds. The zero-order valence-electron chi connectivity index (χ0n) is 11.2. The molecule has 0 aliphatic rings. The van der Waals surface area contributed by atoms with Crippen LogP contribution in [0.3, 0.4) is 0 Å². The Kier molecular flexibility index (Phi) is 5.53. The van der Waals surface area contributed by atoms with Gasteiger partial charge in [0.2, 0.25) is 0 Å². The topological polar surface area (TPSA) is 77.8 Å². The number of nitrogens with zero attached hydrogens (tertiary/aromatic N) is 2. The first-order valence-electron chi connectivity index (χ1n) is 6.14. The van der Waals surface area contributed by atoms with E-state index in [-0.39, 0.29) is 5.57 Å². The third kappa shape index (κ3) is 4.58. The Labute approximate surface area is 140 Å². The van der Waals surface area contributed by atoms with Crippen molar-refractivity contribution >= 4 is 44.9 Å². The fourth-order valence-electron chi connectivity index (χ4n) is 1.51. The maximum absolute atomic E-state index is 12.0. The molecule has 0 aliphatic carbocycles. The Hall–Kier alpha value is -2.36. The summed E-state index contributed by atoms with van der Waals surface area (Å²) in [5.41, 5.74) is 0.514. The number of carbonyl (C=O) groups excluding carboxylic acids is 1. The first-order chi connectivity index (χ1) is 10.6. The van der Waals surface area contributed by atoms with Crippen molar-refractivity contribution < 1.29 is 4.79 Å². The lowest BCUT2D eigenvalue weighted by atomic mass is 10.2. The Morgan fingerprint density at radius 3 is 2.68 bits per heavy atom. The van der Waals surface area contributed by atoms with Gasteiger partial charge in [-0.15, -0.1) is 0 Å². The van der Waals surface area contributed by atoms with E-state index in [1.807, 2.05) is 6.07 Å². The minimum Gasteiger partial charge on any atom is -0.345 e. The van der Waals surface area contributed by atoms with Crippen molar-refractivity contribution in [3.63, 3.8) is 0 Å². The van der Waals surface area contributed by atoms with Gasteiger partial charge >= 0.3 is 0 Å². The standard InChI is InChI=1S/C15H10BrClN4O/c16-11-1-3-13(4-2-11)21-15(22)10(8-18)9-20-14-7-12(17)5-6-19-14/h1-7,9H,(H,19,20)(H,21,22)/b10-9-. The zero-order chi connectivity index (χ0) is 15.9. The van der Waals surface area contributed by atoms with Crippen LogP contribution in [-0.2, 0) is 4.79 Å². The van der Waals surface area contributed by atoms with E-state index in [2.05, 4.69) is 31.5 Å². The van der Waals surface area contributed by atoms with Gasteiger partial charge in [-0.3, -0.25) is 4.79 Å². The molecule has 0 saturated heterocycles. The molecule has 1 aromatic heterocycles. The van der Waals surface area contributed by atoms with Crippen LogP contribution in [0.4, 0.5) is 11.5 Å². The number of aromatic nitrogens is 1. The summed E-state index contributed by atoms with van der Waals surface area (Å²) in [6, 6.07) is 12.1. The highest BCUT2D eigenvalue weighted by molar-refractivity contribution is 9.10. The van der Waals surface area contributed by atoms with E-state index in [0.717, 1.165) is 4.47 Å². The highest BCUT2D eigenvalue weighted by Gasteiger charge is 2.09. The molecule has 22 heavy (non-hydrogen) atoms. The molecule has 2 aromatic rings. The van der Waals surface area contributed by atoms with Crippen LogP contribution in [0.25, 0.3) is 0 Å². The maximum atomic E-state index is 12.0. The molecule has 0 radical (unpaired) electrons. The van der Waals surface area contributed by atoms with E-state index in [1.54, 1.807) is 36.4 Å². The van der Waals surface area contributed by atoms with Gasteiger partial charge in [0.05, 0.1) is 0 Å². The molecule has 0 atom stereocenters. The van der Waals surface area contributed by atoms with Crippen molar-refractivity contribution in [2.75, 3.05) is 10.6 Å². The van der Waals surface area contributed by atoms with Crippen LogP contribution < -0.4 is 10.6 Å². The predicted octanol–water partition coefficient (Wildman–Crippen LogP) is 3.96. The molecule has 2 rings (SSSR count). The monoisotopic (exact) mass is 376 g/mol. The molecule has 5 nitrogen and oxygen atoms in total. The van der Waals surface area contributed by atoms with Crippen LogP contribution in [0.2, 0.25) is 5.02 Å². The summed E-state index contributed by atoms with van der Waals surface area (Å²) in [4.78, 5) is 16.0. The summed E-state index contributed by atoms with van der Waals surface area (Å²) >= 11 is 9.13. The Morgan fingerprint density at radius 1 is 1.32 bits per heavy atom. The quantitative estimate of drug-likeness (QED) is 0.624. The van der Waals surface area contributed by atoms with Gasteiger partial charge < -0.3 is 10.6 Å². The third-order valence-electron chi connectivity index (χ3n) is 2.55. The van der Waals surface area contributed by atoms with Crippen molar-refractivity contribution in [3.05, 3.63) is 63.9 Å². The van der Waals surface area contributed by atoms with E-state index in [4.69, 9.17) is 16.9 Å². The predicted molar refractivity (Wildman–Crippen MR) is 89.3 cm³/mol. The third-order valence-corrected chi connectivity index (χ3v) is 3.32. The van der Waals surface area contributed by atoms with Crippen molar-refractivity contribution in [1.29, 1.82) is 5.26 Å². The van der Waals surface area contributed by atoms with Crippen LogP contribution in [0, 0.1) is 11.3 Å².